The molecule has 0 unspecified atom stereocenters. The minimum atomic E-state index is -0.129. The van der Waals surface area contributed by atoms with Gasteiger partial charge in [0.05, 0.1) is 5.70 Å². The van der Waals surface area contributed by atoms with Gasteiger partial charge in [0.25, 0.3) is 5.91 Å². The van der Waals surface area contributed by atoms with Crippen molar-refractivity contribution in [2.24, 2.45) is 4.99 Å². The van der Waals surface area contributed by atoms with E-state index < -0.39 is 0 Å². The van der Waals surface area contributed by atoms with Crippen molar-refractivity contribution in [2.75, 3.05) is 0 Å². The summed E-state index contributed by atoms with van der Waals surface area (Å²) >= 11 is 0. The molecule has 28 heavy (non-hydrogen) atoms. The van der Waals surface area contributed by atoms with E-state index in [1.54, 1.807) is 12.1 Å². The Morgan fingerprint density at radius 3 is 2.21 bits per heavy atom. The molecule has 0 fully saturated rings. The summed E-state index contributed by atoms with van der Waals surface area (Å²) in [6, 6.07) is 19.6. The number of benzene rings is 2. The summed E-state index contributed by atoms with van der Waals surface area (Å²) < 4.78 is 0. The first kappa shape index (κ1) is 21.1. The maximum Gasteiger partial charge on any atom is 0.255 e. The van der Waals surface area contributed by atoms with E-state index in [9.17, 15) is 4.79 Å². The number of aliphatic imine (C=N–C) groups is 1. The predicted octanol–water partition coefficient (Wildman–Crippen LogP) is 5.87. The highest BCUT2D eigenvalue weighted by Gasteiger charge is 2.11. The average Bonchev–Trinajstić information content (AvgIpc) is 2.76. The van der Waals surface area contributed by atoms with Crippen LogP contribution < -0.4 is 5.32 Å². The van der Waals surface area contributed by atoms with Crippen molar-refractivity contribution in [3.05, 3.63) is 107 Å². The Hall–Kier alpha value is -3.20. The lowest BCUT2D eigenvalue weighted by atomic mass is 10.0. The van der Waals surface area contributed by atoms with Crippen molar-refractivity contribution in [1.82, 2.24) is 5.32 Å². The average molecular weight is 373 g/mol. The first-order valence-corrected chi connectivity index (χ1v) is 9.59. The van der Waals surface area contributed by atoms with Crippen molar-refractivity contribution in [3.8, 4) is 0 Å². The molecule has 0 bridgehead atoms. The van der Waals surface area contributed by atoms with Gasteiger partial charge in [-0.1, -0.05) is 73.7 Å². The topological polar surface area (TPSA) is 41.5 Å². The van der Waals surface area contributed by atoms with E-state index in [1.807, 2.05) is 43.3 Å². The first-order chi connectivity index (χ1) is 13.7. The lowest BCUT2D eigenvalue weighted by molar-refractivity contribution is 0.0965. The Morgan fingerprint density at radius 2 is 1.71 bits per heavy atom. The van der Waals surface area contributed by atoms with Gasteiger partial charge in [-0.3, -0.25) is 9.79 Å². The molecule has 0 atom stereocenters. The van der Waals surface area contributed by atoms with Gasteiger partial charge in [-0.05, 0) is 56.2 Å². The van der Waals surface area contributed by atoms with Crippen molar-refractivity contribution < 1.29 is 4.79 Å². The highest BCUT2D eigenvalue weighted by Crippen LogP contribution is 2.23. The van der Waals surface area contributed by atoms with E-state index in [0.717, 1.165) is 36.2 Å². The molecule has 3 nitrogen and oxygen atoms in total. The third-order valence-corrected chi connectivity index (χ3v) is 4.42. The fourth-order valence-corrected chi connectivity index (χ4v) is 2.87. The molecule has 1 aliphatic carbocycles. The van der Waals surface area contributed by atoms with E-state index >= 15 is 0 Å². The van der Waals surface area contributed by atoms with Crippen LogP contribution in [0.2, 0.25) is 0 Å². The first-order valence-electron chi connectivity index (χ1n) is 9.59. The second-order valence-electron chi connectivity index (χ2n) is 6.45. The van der Waals surface area contributed by atoms with E-state index in [0.29, 0.717) is 5.56 Å². The fraction of sp³-hybridized carbons (Fsp3) is 0.200. The van der Waals surface area contributed by atoms with Crippen LogP contribution in [-0.4, -0.2) is 12.6 Å². The van der Waals surface area contributed by atoms with Gasteiger partial charge in [0, 0.05) is 11.3 Å². The van der Waals surface area contributed by atoms with Crippen LogP contribution >= 0.6 is 0 Å². The van der Waals surface area contributed by atoms with Crippen molar-refractivity contribution in [3.63, 3.8) is 0 Å². The van der Waals surface area contributed by atoms with Crippen molar-refractivity contribution >= 4 is 12.6 Å². The molecule has 1 N–H and O–H groups in total. The number of nitrogens with one attached hydrogen (secondary N) is 1. The van der Waals surface area contributed by atoms with Gasteiger partial charge in [-0.2, -0.15) is 0 Å². The smallest absolute Gasteiger partial charge is 0.255 e. The Kier molecular flexibility index (Phi) is 8.67. The lowest BCUT2D eigenvalue weighted by Crippen LogP contribution is -2.22. The monoisotopic (exact) mass is 372 g/mol. The fourth-order valence-electron chi connectivity index (χ4n) is 2.87. The maximum absolute atomic E-state index is 12.1. The van der Waals surface area contributed by atoms with Crippen LogP contribution in [0.5, 0.6) is 0 Å². The summed E-state index contributed by atoms with van der Waals surface area (Å²) in [5.41, 5.74) is 4.64. The molecule has 3 rings (SSSR count). The van der Waals surface area contributed by atoms with E-state index in [1.165, 1.54) is 5.56 Å². The molecule has 0 spiro atoms. The molecule has 1 amide bonds. The molecule has 3 heteroatoms. The molecule has 0 radical (unpaired) electrons. The molecular weight excluding hydrogens is 344 g/mol. The maximum atomic E-state index is 12.1. The number of hydrogen-bond donors (Lipinski definition) is 1. The molecule has 0 saturated carbocycles. The number of allylic oxidation sites excluding steroid dienone is 5. The Balaban J connectivity index is 0.000000292. The van der Waals surface area contributed by atoms with Gasteiger partial charge in [-0.15, -0.1) is 0 Å². The molecule has 0 heterocycles. The van der Waals surface area contributed by atoms with Gasteiger partial charge in [0.1, 0.15) is 0 Å². The minimum Gasteiger partial charge on any atom is -0.324 e. The van der Waals surface area contributed by atoms with Crippen LogP contribution in [0.4, 0.5) is 0 Å². The van der Waals surface area contributed by atoms with Crippen LogP contribution in [0.15, 0.2) is 101 Å². The van der Waals surface area contributed by atoms with Crippen molar-refractivity contribution in [2.45, 2.75) is 33.1 Å². The van der Waals surface area contributed by atoms with Gasteiger partial charge >= 0.3 is 0 Å². The molecular formula is C25H28N2O. The third-order valence-electron chi connectivity index (χ3n) is 4.42. The Morgan fingerprint density at radius 1 is 1.07 bits per heavy atom. The van der Waals surface area contributed by atoms with E-state index in [4.69, 9.17) is 0 Å². The standard InChI is InChI=1S/C17H18N2O.C8H10/c1-13(16(18-2)14-9-5-3-6-10-14)19-17(20)15-11-7-4-8-12-15;1-2-8-6-4-3-5-7-8/h3-5,7-9,11-12H,2,6,10H2,1H3,(H,19,20);3-7H,2H2,1H3/b16-13+;. The number of rotatable bonds is 5. The van der Waals surface area contributed by atoms with E-state index in [-0.39, 0.29) is 5.91 Å². The molecule has 1 aliphatic rings. The van der Waals surface area contributed by atoms with Crippen LogP contribution in [0, 0.1) is 0 Å². The number of nitrogens with zero attached hydrogens (tertiary/aromatic N) is 1. The number of hydrogen-bond acceptors (Lipinski definition) is 2. The SMILES string of the molecule is C=N/C(C1=CC=CCC1)=C(\C)NC(=O)c1ccccc1.CCc1ccccc1. The molecule has 0 aromatic heterocycles. The largest absolute Gasteiger partial charge is 0.324 e. The van der Waals surface area contributed by atoms with Crippen LogP contribution in [0.25, 0.3) is 0 Å². The van der Waals surface area contributed by atoms with Crippen LogP contribution in [0.1, 0.15) is 42.6 Å². The zero-order chi connectivity index (χ0) is 20.2. The zero-order valence-electron chi connectivity index (χ0n) is 16.7. The number of amides is 1. The molecule has 2 aromatic carbocycles. The van der Waals surface area contributed by atoms with Crippen LogP contribution in [0.3, 0.4) is 0 Å². The van der Waals surface area contributed by atoms with Gasteiger partial charge in [-0.25, -0.2) is 0 Å². The van der Waals surface area contributed by atoms with Crippen molar-refractivity contribution in [1.29, 1.82) is 0 Å². The summed E-state index contributed by atoms with van der Waals surface area (Å²) in [6.07, 6.45) is 9.19. The van der Waals surface area contributed by atoms with Gasteiger partial charge in [0.15, 0.2) is 0 Å². The third kappa shape index (κ3) is 6.51. The Bertz CT molecular complexity index is 862. The number of carbonyl (C=O) groups excluding carboxylic acids is 1. The van der Waals surface area contributed by atoms with E-state index in [2.05, 4.69) is 54.3 Å². The second kappa shape index (κ2) is 11.5. The highest BCUT2D eigenvalue weighted by atomic mass is 16.1. The van der Waals surface area contributed by atoms with Crippen LogP contribution in [-0.2, 0) is 6.42 Å². The zero-order valence-corrected chi connectivity index (χ0v) is 16.7. The summed E-state index contributed by atoms with van der Waals surface area (Å²) in [5.74, 6) is -0.129. The predicted molar refractivity (Wildman–Crippen MR) is 118 cm³/mol. The molecule has 0 saturated heterocycles. The number of carbonyl (C=O) groups is 1. The summed E-state index contributed by atoms with van der Waals surface area (Å²) in [5, 5.41) is 2.89. The quantitative estimate of drug-likeness (QED) is 0.655. The summed E-state index contributed by atoms with van der Waals surface area (Å²) in [6.45, 7) is 7.63. The molecule has 0 aliphatic heterocycles. The van der Waals surface area contributed by atoms with Gasteiger partial charge < -0.3 is 5.32 Å². The highest BCUT2D eigenvalue weighted by molar-refractivity contribution is 5.95. The van der Waals surface area contributed by atoms with Gasteiger partial charge in [0.2, 0.25) is 0 Å². The second-order valence-corrected chi connectivity index (χ2v) is 6.45. The molecule has 144 valence electrons. The normalized spacial score (nSPS) is 13.4. The molecule has 2 aromatic rings. The number of aryl methyl sites for hydroxylation is 1. The minimum absolute atomic E-state index is 0.129. The lowest BCUT2D eigenvalue weighted by Gasteiger charge is -2.14. The Labute approximate surface area is 168 Å². The summed E-state index contributed by atoms with van der Waals surface area (Å²) in [4.78, 5) is 16.2. The summed E-state index contributed by atoms with van der Waals surface area (Å²) in [7, 11) is 0.